The minimum absolute atomic E-state index is 0.329. The number of rotatable bonds is 3. The molecule has 0 saturated carbocycles. The Balaban J connectivity index is 1.95. The molecule has 0 atom stereocenters. The lowest BCUT2D eigenvalue weighted by molar-refractivity contribution is -0.119. The van der Waals surface area contributed by atoms with E-state index in [9.17, 15) is 9.18 Å². The normalized spacial score (nSPS) is 17.2. The molecule has 3 nitrogen and oxygen atoms in total. The van der Waals surface area contributed by atoms with Crippen molar-refractivity contribution in [1.82, 2.24) is 9.21 Å². The van der Waals surface area contributed by atoms with E-state index >= 15 is 0 Å². The summed E-state index contributed by atoms with van der Waals surface area (Å²) in [5.41, 5.74) is 0. The largest absolute Gasteiger partial charge is 0.343 e. The monoisotopic (exact) mass is 274 g/mol. The van der Waals surface area contributed by atoms with Crippen LogP contribution in [0.4, 0.5) is 4.39 Å². The molecule has 17 heavy (non-hydrogen) atoms. The molecule has 2 rings (SSSR count). The summed E-state index contributed by atoms with van der Waals surface area (Å²) in [6.07, 6.45) is 0.868. The first-order chi connectivity index (χ1) is 8.19. The van der Waals surface area contributed by atoms with Gasteiger partial charge in [-0.3, -0.25) is 4.79 Å². The van der Waals surface area contributed by atoms with Crippen molar-refractivity contribution in [3.05, 3.63) is 29.0 Å². The van der Waals surface area contributed by atoms with Crippen molar-refractivity contribution in [2.75, 3.05) is 26.2 Å². The van der Waals surface area contributed by atoms with Crippen LogP contribution in [0.15, 0.2) is 23.1 Å². The first-order valence-corrected chi connectivity index (χ1v) is 6.41. The Bertz CT molecular complexity index is 410. The molecule has 0 aliphatic carbocycles. The van der Waals surface area contributed by atoms with Crippen LogP contribution in [0, 0.1) is 5.82 Å². The van der Waals surface area contributed by atoms with Crippen LogP contribution in [0.2, 0.25) is 5.02 Å². The van der Waals surface area contributed by atoms with Crippen LogP contribution in [0.3, 0.4) is 0 Å². The van der Waals surface area contributed by atoms with E-state index in [1.807, 2.05) is 0 Å². The molecule has 0 spiro atoms. The van der Waals surface area contributed by atoms with Crippen LogP contribution in [-0.4, -0.2) is 41.8 Å². The average Bonchev–Trinajstić information content (AvgIpc) is 2.34. The van der Waals surface area contributed by atoms with E-state index in [4.69, 9.17) is 11.6 Å². The molecule has 1 saturated heterocycles. The van der Waals surface area contributed by atoms with Gasteiger partial charge < -0.3 is 4.90 Å². The Labute approximate surface area is 109 Å². The molecule has 1 fully saturated rings. The molecule has 0 aromatic heterocycles. The van der Waals surface area contributed by atoms with Crippen molar-refractivity contribution in [3.8, 4) is 0 Å². The fourth-order valence-corrected chi connectivity index (χ4v) is 2.76. The summed E-state index contributed by atoms with van der Waals surface area (Å²) in [6.45, 7) is 3.01. The zero-order chi connectivity index (χ0) is 12.3. The van der Waals surface area contributed by atoms with E-state index in [2.05, 4.69) is 4.31 Å². The summed E-state index contributed by atoms with van der Waals surface area (Å²) in [7, 11) is 0. The quantitative estimate of drug-likeness (QED) is 0.624. The number of carbonyl (C=O) groups is 1. The molecular weight excluding hydrogens is 263 g/mol. The van der Waals surface area contributed by atoms with Crippen LogP contribution >= 0.6 is 23.5 Å². The van der Waals surface area contributed by atoms with Gasteiger partial charge in [0.1, 0.15) is 5.82 Å². The summed E-state index contributed by atoms with van der Waals surface area (Å²) in [5.74, 6) is -0.329. The summed E-state index contributed by atoms with van der Waals surface area (Å²) in [6, 6.07) is 4.38. The molecule has 1 amide bonds. The van der Waals surface area contributed by atoms with E-state index in [1.165, 1.54) is 24.1 Å². The molecule has 1 heterocycles. The van der Waals surface area contributed by atoms with E-state index in [0.717, 1.165) is 37.5 Å². The first-order valence-electron chi connectivity index (χ1n) is 5.26. The number of halogens is 2. The third kappa shape index (κ3) is 3.34. The number of hydrogen-bond acceptors (Lipinski definition) is 3. The van der Waals surface area contributed by atoms with Crippen molar-refractivity contribution >= 4 is 30.0 Å². The minimum atomic E-state index is -0.329. The summed E-state index contributed by atoms with van der Waals surface area (Å²) in [5, 5.41) is 0.424. The van der Waals surface area contributed by atoms with Crippen molar-refractivity contribution in [2.45, 2.75) is 4.90 Å². The Morgan fingerprint density at radius 1 is 1.29 bits per heavy atom. The molecule has 0 N–H and O–H groups in total. The lowest BCUT2D eigenvalue weighted by Crippen LogP contribution is -2.42. The summed E-state index contributed by atoms with van der Waals surface area (Å²) in [4.78, 5) is 13.1. The van der Waals surface area contributed by atoms with E-state index in [0.29, 0.717) is 5.02 Å². The highest BCUT2D eigenvalue weighted by molar-refractivity contribution is 7.97. The Morgan fingerprint density at radius 2 is 2.00 bits per heavy atom. The van der Waals surface area contributed by atoms with Gasteiger partial charge in [-0.15, -0.1) is 0 Å². The van der Waals surface area contributed by atoms with Gasteiger partial charge >= 0.3 is 0 Å². The van der Waals surface area contributed by atoms with Gasteiger partial charge in [-0.25, -0.2) is 8.70 Å². The Morgan fingerprint density at radius 3 is 2.59 bits per heavy atom. The fourth-order valence-electron chi connectivity index (χ4n) is 1.59. The fraction of sp³-hybridized carbons (Fsp3) is 0.364. The van der Waals surface area contributed by atoms with Gasteiger partial charge in [0.25, 0.3) is 0 Å². The SMILES string of the molecule is O=CN1CCN(Sc2ccc(F)cc2Cl)CC1. The molecule has 1 aromatic carbocycles. The minimum Gasteiger partial charge on any atom is -0.343 e. The second-order valence-electron chi connectivity index (χ2n) is 3.74. The van der Waals surface area contributed by atoms with Crippen LogP contribution in [-0.2, 0) is 4.79 Å². The van der Waals surface area contributed by atoms with Crippen molar-refractivity contribution in [3.63, 3.8) is 0 Å². The Kier molecular flexibility index (Phi) is 4.25. The standard InChI is InChI=1S/C11H12ClFN2OS/c12-10-7-9(13)1-2-11(10)17-15-5-3-14(8-16)4-6-15/h1-2,7-8H,3-6H2. The zero-order valence-electron chi connectivity index (χ0n) is 9.10. The summed E-state index contributed by atoms with van der Waals surface area (Å²) >= 11 is 7.46. The third-order valence-corrected chi connectivity index (χ3v) is 4.14. The first kappa shape index (κ1) is 12.7. The van der Waals surface area contributed by atoms with E-state index < -0.39 is 0 Å². The van der Waals surface area contributed by atoms with Gasteiger partial charge in [-0.05, 0) is 30.1 Å². The van der Waals surface area contributed by atoms with Gasteiger partial charge in [-0.2, -0.15) is 0 Å². The topological polar surface area (TPSA) is 23.6 Å². The maximum atomic E-state index is 12.9. The number of hydrogen-bond donors (Lipinski definition) is 0. The van der Waals surface area contributed by atoms with E-state index in [1.54, 1.807) is 11.0 Å². The highest BCUT2D eigenvalue weighted by Gasteiger charge is 2.17. The van der Waals surface area contributed by atoms with Gasteiger partial charge in [0.15, 0.2) is 0 Å². The lowest BCUT2D eigenvalue weighted by atomic mass is 10.3. The Hall–Kier alpha value is -0.780. The average molecular weight is 275 g/mol. The molecule has 1 aliphatic rings. The number of amides is 1. The molecule has 0 unspecified atom stereocenters. The molecule has 0 radical (unpaired) electrons. The van der Waals surface area contributed by atoms with Gasteiger partial charge in [0.05, 0.1) is 5.02 Å². The van der Waals surface area contributed by atoms with E-state index in [-0.39, 0.29) is 5.82 Å². The number of carbonyl (C=O) groups excluding carboxylic acids is 1. The molecule has 6 heteroatoms. The lowest BCUT2D eigenvalue weighted by Gasteiger charge is -2.31. The number of nitrogens with zero attached hydrogens (tertiary/aromatic N) is 2. The second-order valence-corrected chi connectivity index (χ2v) is 5.28. The molecule has 92 valence electrons. The van der Waals surface area contributed by atoms with Crippen molar-refractivity contribution < 1.29 is 9.18 Å². The maximum absolute atomic E-state index is 12.9. The third-order valence-electron chi connectivity index (χ3n) is 2.54. The van der Waals surface area contributed by atoms with Gasteiger partial charge in [0, 0.05) is 31.1 Å². The number of piperazine rings is 1. The molecular formula is C11H12ClFN2OS. The second kappa shape index (κ2) is 5.71. The van der Waals surface area contributed by atoms with Crippen LogP contribution in [0.1, 0.15) is 0 Å². The van der Waals surface area contributed by atoms with Crippen molar-refractivity contribution in [2.24, 2.45) is 0 Å². The maximum Gasteiger partial charge on any atom is 0.209 e. The molecule has 1 aromatic rings. The summed E-state index contributed by atoms with van der Waals surface area (Å²) < 4.78 is 15.0. The predicted octanol–water partition coefficient (Wildman–Crippen LogP) is 2.26. The zero-order valence-corrected chi connectivity index (χ0v) is 10.7. The highest BCUT2D eigenvalue weighted by Crippen LogP contribution is 2.30. The number of benzene rings is 1. The van der Waals surface area contributed by atoms with Gasteiger partial charge in [-0.1, -0.05) is 11.6 Å². The van der Waals surface area contributed by atoms with Crippen molar-refractivity contribution in [1.29, 1.82) is 0 Å². The predicted molar refractivity (Wildman–Crippen MR) is 66.5 cm³/mol. The molecule has 1 aliphatic heterocycles. The van der Waals surface area contributed by atoms with Crippen LogP contribution in [0.25, 0.3) is 0 Å². The van der Waals surface area contributed by atoms with Crippen LogP contribution in [0.5, 0.6) is 0 Å². The smallest absolute Gasteiger partial charge is 0.209 e. The van der Waals surface area contributed by atoms with Gasteiger partial charge in [0.2, 0.25) is 6.41 Å². The molecule has 0 bridgehead atoms. The van der Waals surface area contributed by atoms with Crippen LogP contribution < -0.4 is 0 Å². The highest BCUT2D eigenvalue weighted by atomic mass is 35.5.